The number of hydrogen-bond donors (Lipinski definition) is 0. The Balaban J connectivity index is 2.00. The molecule has 2 nitrogen and oxygen atoms in total. The van der Waals surface area contributed by atoms with Crippen LogP contribution in [0.25, 0.3) is 0 Å². The zero-order valence-electron chi connectivity index (χ0n) is 10.6. The minimum absolute atomic E-state index is 0.434. The molecule has 1 fully saturated rings. The van der Waals surface area contributed by atoms with Crippen LogP contribution in [-0.4, -0.2) is 23.3 Å². The Morgan fingerprint density at radius 1 is 1.29 bits per heavy atom. The van der Waals surface area contributed by atoms with Crippen molar-refractivity contribution in [2.24, 2.45) is 0 Å². The molecule has 17 heavy (non-hydrogen) atoms. The molecule has 0 bridgehead atoms. The standard InChI is InChI=1S/C15H21NO/c1-2-10-16(14-8-9-15(17)11-14)12-13-6-4-3-5-7-13/h3-7,14H,2,8-12H2,1H3. The van der Waals surface area contributed by atoms with Crippen molar-refractivity contribution in [3.63, 3.8) is 0 Å². The molecule has 92 valence electrons. The van der Waals surface area contributed by atoms with Crippen LogP contribution in [0.15, 0.2) is 30.3 Å². The molecule has 0 amide bonds. The third kappa shape index (κ3) is 3.40. The summed E-state index contributed by atoms with van der Waals surface area (Å²) in [5.74, 6) is 0.434. The van der Waals surface area contributed by atoms with Gasteiger partial charge in [-0.1, -0.05) is 37.3 Å². The fraction of sp³-hybridized carbons (Fsp3) is 0.533. The molecule has 0 aromatic heterocycles. The van der Waals surface area contributed by atoms with Gasteiger partial charge in [-0.25, -0.2) is 0 Å². The highest BCUT2D eigenvalue weighted by Crippen LogP contribution is 2.22. The quantitative estimate of drug-likeness (QED) is 0.776. The Bertz CT molecular complexity index is 360. The highest BCUT2D eigenvalue weighted by atomic mass is 16.1. The van der Waals surface area contributed by atoms with Gasteiger partial charge in [0.15, 0.2) is 0 Å². The molecule has 0 spiro atoms. The van der Waals surface area contributed by atoms with Gasteiger partial charge >= 0.3 is 0 Å². The van der Waals surface area contributed by atoms with Crippen LogP contribution in [0.3, 0.4) is 0 Å². The van der Waals surface area contributed by atoms with Crippen LogP contribution in [0.5, 0.6) is 0 Å². The molecule has 1 aliphatic carbocycles. The largest absolute Gasteiger partial charge is 0.300 e. The molecule has 0 saturated heterocycles. The maximum absolute atomic E-state index is 11.4. The van der Waals surface area contributed by atoms with Crippen LogP contribution in [0.1, 0.15) is 38.2 Å². The zero-order valence-corrected chi connectivity index (χ0v) is 10.6. The van der Waals surface area contributed by atoms with Gasteiger partial charge in [0.1, 0.15) is 5.78 Å². The number of carbonyl (C=O) groups is 1. The molecule has 0 aliphatic heterocycles. The van der Waals surface area contributed by atoms with Crippen molar-refractivity contribution in [1.29, 1.82) is 0 Å². The van der Waals surface area contributed by atoms with Gasteiger partial charge in [0.25, 0.3) is 0 Å². The molecule has 1 aliphatic rings. The lowest BCUT2D eigenvalue weighted by Crippen LogP contribution is -2.33. The summed E-state index contributed by atoms with van der Waals surface area (Å²) >= 11 is 0. The number of carbonyl (C=O) groups excluding carboxylic acids is 1. The number of rotatable bonds is 5. The van der Waals surface area contributed by atoms with Crippen LogP contribution in [0, 0.1) is 0 Å². The summed E-state index contributed by atoms with van der Waals surface area (Å²) in [6.45, 7) is 4.27. The number of ketones is 1. The molecule has 1 aromatic rings. The van der Waals surface area contributed by atoms with Crippen molar-refractivity contribution in [3.05, 3.63) is 35.9 Å². The Kier molecular flexibility index (Phi) is 4.32. The molecule has 1 unspecified atom stereocenters. The normalized spacial score (nSPS) is 20.1. The molecule has 1 aromatic carbocycles. The van der Waals surface area contributed by atoms with E-state index in [1.807, 2.05) is 6.07 Å². The maximum Gasteiger partial charge on any atom is 0.134 e. The van der Waals surface area contributed by atoms with Crippen molar-refractivity contribution in [2.45, 2.75) is 45.2 Å². The molecule has 1 atom stereocenters. The molecule has 2 rings (SSSR count). The number of benzene rings is 1. The van der Waals surface area contributed by atoms with E-state index >= 15 is 0 Å². The summed E-state index contributed by atoms with van der Waals surface area (Å²) in [6.07, 6.45) is 3.73. The Morgan fingerprint density at radius 2 is 2.06 bits per heavy atom. The lowest BCUT2D eigenvalue weighted by Gasteiger charge is -2.28. The van der Waals surface area contributed by atoms with E-state index in [1.54, 1.807) is 0 Å². The van der Waals surface area contributed by atoms with E-state index in [9.17, 15) is 4.79 Å². The first kappa shape index (κ1) is 12.3. The predicted octanol–water partition coefficient (Wildman–Crippen LogP) is 3.02. The van der Waals surface area contributed by atoms with Crippen LogP contribution >= 0.6 is 0 Å². The summed E-state index contributed by atoms with van der Waals surface area (Å²) in [6, 6.07) is 11.0. The van der Waals surface area contributed by atoms with Gasteiger partial charge in [-0.05, 0) is 24.9 Å². The summed E-state index contributed by atoms with van der Waals surface area (Å²) in [5, 5.41) is 0. The molecule has 0 radical (unpaired) electrons. The minimum atomic E-state index is 0.434. The van der Waals surface area contributed by atoms with E-state index < -0.39 is 0 Å². The molecular formula is C15H21NO. The van der Waals surface area contributed by atoms with E-state index in [0.29, 0.717) is 11.8 Å². The average Bonchev–Trinajstić information content (AvgIpc) is 2.77. The van der Waals surface area contributed by atoms with Gasteiger partial charge in [0.2, 0.25) is 0 Å². The molecule has 1 saturated carbocycles. The maximum atomic E-state index is 11.4. The second-order valence-electron chi connectivity index (χ2n) is 4.89. The van der Waals surface area contributed by atoms with Crippen LogP contribution < -0.4 is 0 Å². The third-order valence-corrected chi connectivity index (χ3v) is 3.48. The van der Waals surface area contributed by atoms with Crippen molar-refractivity contribution < 1.29 is 4.79 Å². The van der Waals surface area contributed by atoms with Crippen molar-refractivity contribution in [2.75, 3.05) is 6.54 Å². The Labute approximate surface area is 104 Å². The van der Waals surface area contributed by atoms with E-state index in [0.717, 1.165) is 38.8 Å². The first-order valence-electron chi connectivity index (χ1n) is 6.59. The number of hydrogen-bond acceptors (Lipinski definition) is 2. The first-order chi connectivity index (χ1) is 8.29. The molecule has 2 heteroatoms. The third-order valence-electron chi connectivity index (χ3n) is 3.48. The first-order valence-corrected chi connectivity index (χ1v) is 6.59. The molecular weight excluding hydrogens is 210 g/mol. The zero-order chi connectivity index (χ0) is 12.1. The topological polar surface area (TPSA) is 20.3 Å². The van der Waals surface area contributed by atoms with Crippen molar-refractivity contribution in [3.8, 4) is 0 Å². The Morgan fingerprint density at radius 3 is 2.65 bits per heavy atom. The average molecular weight is 231 g/mol. The summed E-state index contributed by atoms with van der Waals surface area (Å²) < 4.78 is 0. The molecule has 0 N–H and O–H groups in total. The lowest BCUT2D eigenvalue weighted by molar-refractivity contribution is -0.117. The molecule has 0 heterocycles. The van der Waals surface area contributed by atoms with E-state index in [4.69, 9.17) is 0 Å². The van der Waals surface area contributed by atoms with Gasteiger partial charge < -0.3 is 0 Å². The van der Waals surface area contributed by atoms with Gasteiger partial charge in [0.05, 0.1) is 0 Å². The number of nitrogens with zero attached hydrogens (tertiary/aromatic N) is 1. The van der Waals surface area contributed by atoms with Crippen molar-refractivity contribution in [1.82, 2.24) is 4.90 Å². The highest BCUT2D eigenvalue weighted by molar-refractivity contribution is 5.81. The SMILES string of the molecule is CCCN(Cc1ccccc1)C1CCC(=O)C1. The lowest BCUT2D eigenvalue weighted by atomic mass is 10.1. The van der Waals surface area contributed by atoms with Crippen molar-refractivity contribution >= 4 is 5.78 Å². The van der Waals surface area contributed by atoms with E-state index in [-0.39, 0.29) is 0 Å². The number of Topliss-reactive ketones (excluding diaryl/α,β-unsaturated/α-hetero) is 1. The van der Waals surface area contributed by atoms with Gasteiger partial charge in [-0.3, -0.25) is 9.69 Å². The van der Waals surface area contributed by atoms with Crippen LogP contribution in [-0.2, 0) is 11.3 Å². The fourth-order valence-electron chi connectivity index (χ4n) is 2.60. The second-order valence-corrected chi connectivity index (χ2v) is 4.89. The summed E-state index contributed by atoms with van der Waals surface area (Å²) in [5.41, 5.74) is 1.35. The monoisotopic (exact) mass is 231 g/mol. The highest BCUT2D eigenvalue weighted by Gasteiger charge is 2.26. The van der Waals surface area contributed by atoms with Crippen LogP contribution in [0.4, 0.5) is 0 Å². The van der Waals surface area contributed by atoms with E-state index in [1.165, 1.54) is 5.56 Å². The second kappa shape index (κ2) is 5.97. The smallest absolute Gasteiger partial charge is 0.134 e. The fourth-order valence-corrected chi connectivity index (χ4v) is 2.60. The van der Waals surface area contributed by atoms with Gasteiger partial charge in [-0.2, -0.15) is 0 Å². The van der Waals surface area contributed by atoms with Gasteiger partial charge in [0, 0.05) is 25.4 Å². The van der Waals surface area contributed by atoms with Crippen LogP contribution in [0.2, 0.25) is 0 Å². The predicted molar refractivity (Wildman–Crippen MR) is 69.8 cm³/mol. The van der Waals surface area contributed by atoms with E-state index in [2.05, 4.69) is 36.1 Å². The summed E-state index contributed by atoms with van der Waals surface area (Å²) in [7, 11) is 0. The summed E-state index contributed by atoms with van der Waals surface area (Å²) in [4.78, 5) is 13.9. The van der Waals surface area contributed by atoms with Gasteiger partial charge in [-0.15, -0.1) is 0 Å². The Hall–Kier alpha value is -1.15. The minimum Gasteiger partial charge on any atom is -0.300 e.